The van der Waals surface area contributed by atoms with Gasteiger partial charge in [0.25, 0.3) is 0 Å². The van der Waals surface area contributed by atoms with E-state index in [9.17, 15) is 4.79 Å². The molecule has 15 heavy (non-hydrogen) atoms. The van der Waals surface area contributed by atoms with E-state index < -0.39 is 5.97 Å². The second kappa shape index (κ2) is 9.71. The van der Waals surface area contributed by atoms with Gasteiger partial charge in [-0.2, -0.15) is 0 Å². The zero-order valence-electron chi connectivity index (χ0n) is 9.48. The van der Waals surface area contributed by atoms with E-state index >= 15 is 0 Å². The molecule has 0 aliphatic carbocycles. The largest absolute Gasteiger partial charge is 0.478 e. The van der Waals surface area contributed by atoms with Crippen LogP contribution in [0.15, 0.2) is 12.2 Å². The topological polar surface area (TPSA) is 57.5 Å². The van der Waals surface area contributed by atoms with E-state index in [-0.39, 0.29) is 6.10 Å². The highest BCUT2D eigenvalue weighted by Crippen LogP contribution is 2.08. The zero-order valence-corrected chi connectivity index (χ0v) is 9.48. The summed E-state index contributed by atoms with van der Waals surface area (Å²) in [7, 11) is 0. The molecule has 0 rings (SSSR count). The highest BCUT2D eigenvalue weighted by Gasteiger charge is 1.95. The number of carboxylic acid groups (broad SMARTS) is 1. The maximum Gasteiger partial charge on any atom is 0.327 e. The van der Waals surface area contributed by atoms with Crippen molar-refractivity contribution < 1.29 is 15.0 Å². The lowest BCUT2D eigenvalue weighted by Gasteiger charge is -2.02. The first-order valence-corrected chi connectivity index (χ1v) is 5.70. The molecule has 0 aromatic rings. The van der Waals surface area contributed by atoms with Crippen LogP contribution in [-0.4, -0.2) is 22.3 Å². The van der Waals surface area contributed by atoms with Crippen LogP contribution in [0.5, 0.6) is 0 Å². The normalized spacial score (nSPS) is 13.2. The Morgan fingerprint density at radius 1 is 1.20 bits per heavy atom. The third-order valence-electron chi connectivity index (χ3n) is 2.25. The fourth-order valence-electron chi connectivity index (χ4n) is 1.42. The molecule has 0 saturated heterocycles. The first kappa shape index (κ1) is 14.2. The lowest BCUT2D eigenvalue weighted by molar-refractivity contribution is -0.131. The van der Waals surface area contributed by atoms with E-state index in [4.69, 9.17) is 10.2 Å². The third-order valence-corrected chi connectivity index (χ3v) is 2.25. The van der Waals surface area contributed by atoms with Crippen LogP contribution in [0.25, 0.3) is 0 Å². The van der Waals surface area contributed by atoms with E-state index in [0.29, 0.717) is 0 Å². The van der Waals surface area contributed by atoms with Gasteiger partial charge < -0.3 is 10.2 Å². The molecule has 0 aliphatic rings. The van der Waals surface area contributed by atoms with Crippen molar-refractivity contribution in [1.82, 2.24) is 0 Å². The maximum atomic E-state index is 10.1. The van der Waals surface area contributed by atoms with E-state index in [0.717, 1.165) is 38.5 Å². The Morgan fingerprint density at radius 2 is 1.80 bits per heavy atom. The average molecular weight is 214 g/mol. The number of aliphatic hydroxyl groups excluding tert-OH is 1. The van der Waals surface area contributed by atoms with E-state index in [1.54, 1.807) is 6.08 Å². The lowest BCUT2D eigenvalue weighted by atomic mass is 10.1. The molecular formula is C12H22O3. The summed E-state index contributed by atoms with van der Waals surface area (Å²) in [6, 6.07) is 0. The van der Waals surface area contributed by atoms with E-state index in [2.05, 4.69) is 0 Å². The lowest BCUT2D eigenvalue weighted by Crippen LogP contribution is -1.98. The standard InChI is InChI=1S/C12H22O3/c1-11(13)9-7-5-3-2-4-6-8-10-12(14)15/h8,10-11,13H,2-7,9H2,1H3,(H,14,15)/b10-8-. The van der Waals surface area contributed by atoms with Gasteiger partial charge in [-0.1, -0.05) is 31.8 Å². The van der Waals surface area contributed by atoms with Crippen molar-refractivity contribution in [3.8, 4) is 0 Å². The van der Waals surface area contributed by atoms with Gasteiger partial charge in [0.05, 0.1) is 6.10 Å². The van der Waals surface area contributed by atoms with Gasteiger partial charge in [-0.05, 0) is 26.2 Å². The first-order chi connectivity index (χ1) is 7.13. The smallest absolute Gasteiger partial charge is 0.327 e. The molecule has 2 N–H and O–H groups in total. The number of allylic oxidation sites excluding steroid dienone is 1. The molecule has 0 aromatic carbocycles. The van der Waals surface area contributed by atoms with Gasteiger partial charge in [0.2, 0.25) is 0 Å². The van der Waals surface area contributed by atoms with Gasteiger partial charge in [-0.25, -0.2) is 4.79 Å². The van der Waals surface area contributed by atoms with Crippen molar-refractivity contribution in [2.24, 2.45) is 0 Å². The molecule has 0 fully saturated rings. The van der Waals surface area contributed by atoms with Crippen molar-refractivity contribution in [2.75, 3.05) is 0 Å². The minimum atomic E-state index is -0.869. The van der Waals surface area contributed by atoms with Crippen LogP contribution in [0, 0.1) is 0 Å². The predicted molar refractivity (Wildman–Crippen MR) is 60.8 cm³/mol. The Kier molecular flexibility index (Phi) is 9.18. The number of aliphatic carboxylic acids is 1. The van der Waals surface area contributed by atoms with Crippen LogP contribution < -0.4 is 0 Å². The van der Waals surface area contributed by atoms with Gasteiger partial charge in [-0.15, -0.1) is 0 Å². The Hall–Kier alpha value is -0.830. The van der Waals surface area contributed by atoms with Crippen LogP contribution in [0.3, 0.4) is 0 Å². The Balaban J connectivity index is 3.08. The number of carboxylic acids is 1. The minimum absolute atomic E-state index is 0.177. The van der Waals surface area contributed by atoms with Gasteiger partial charge in [0.1, 0.15) is 0 Å². The second-order valence-corrected chi connectivity index (χ2v) is 3.93. The number of aliphatic hydroxyl groups is 1. The van der Waals surface area contributed by atoms with Gasteiger partial charge in [-0.3, -0.25) is 0 Å². The molecule has 0 amide bonds. The van der Waals surface area contributed by atoms with Gasteiger partial charge >= 0.3 is 5.97 Å². The molecule has 88 valence electrons. The van der Waals surface area contributed by atoms with Crippen LogP contribution in [0.1, 0.15) is 51.9 Å². The summed E-state index contributed by atoms with van der Waals surface area (Å²) in [5.74, 6) is -0.869. The van der Waals surface area contributed by atoms with E-state index in [1.165, 1.54) is 12.5 Å². The molecule has 3 nitrogen and oxygen atoms in total. The Bertz CT molecular complexity index is 185. The van der Waals surface area contributed by atoms with Crippen LogP contribution in [0.2, 0.25) is 0 Å². The summed E-state index contributed by atoms with van der Waals surface area (Å²) >= 11 is 0. The summed E-state index contributed by atoms with van der Waals surface area (Å²) in [6.07, 6.45) is 10.1. The van der Waals surface area contributed by atoms with E-state index in [1.807, 2.05) is 6.92 Å². The highest BCUT2D eigenvalue weighted by molar-refractivity contribution is 5.79. The number of unbranched alkanes of at least 4 members (excludes halogenated alkanes) is 5. The fourth-order valence-corrected chi connectivity index (χ4v) is 1.42. The van der Waals surface area contributed by atoms with Crippen LogP contribution in [0.4, 0.5) is 0 Å². The molecule has 0 saturated carbocycles. The number of hydrogen-bond donors (Lipinski definition) is 2. The minimum Gasteiger partial charge on any atom is -0.478 e. The fraction of sp³-hybridized carbons (Fsp3) is 0.750. The predicted octanol–water partition coefficient (Wildman–Crippen LogP) is 2.74. The quantitative estimate of drug-likeness (QED) is 0.458. The maximum absolute atomic E-state index is 10.1. The molecule has 1 atom stereocenters. The van der Waals surface area contributed by atoms with Crippen molar-refractivity contribution in [1.29, 1.82) is 0 Å². The van der Waals surface area contributed by atoms with Crippen LogP contribution in [-0.2, 0) is 4.79 Å². The molecule has 0 radical (unpaired) electrons. The van der Waals surface area contributed by atoms with Crippen molar-refractivity contribution in [3.05, 3.63) is 12.2 Å². The molecule has 0 heterocycles. The van der Waals surface area contributed by atoms with Crippen LogP contribution >= 0.6 is 0 Å². The monoisotopic (exact) mass is 214 g/mol. The highest BCUT2D eigenvalue weighted by atomic mass is 16.4. The second-order valence-electron chi connectivity index (χ2n) is 3.93. The summed E-state index contributed by atoms with van der Waals surface area (Å²) in [5.41, 5.74) is 0. The van der Waals surface area contributed by atoms with Crippen molar-refractivity contribution in [3.63, 3.8) is 0 Å². The first-order valence-electron chi connectivity index (χ1n) is 5.70. The molecule has 0 aliphatic heterocycles. The molecule has 3 heteroatoms. The number of rotatable bonds is 9. The molecule has 0 aromatic heterocycles. The van der Waals surface area contributed by atoms with Gasteiger partial charge in [0.15, 0.2) is 0 Å². The summed E-state index contributed by atoms with van der Waals surface area (Å²) in [5, 5.41) is 17.3. The number of carbonyl (C=O) groups is 1. The molecular weight excluding hydrogens is 192 g/mol. The third kappa shape index (κ3) is 13.2. The molecule has 0 spiro atoms. The SMILES string of the molecule is CC(O)CCCCCCC/C=C\C(=O)O. The van der Waals surface area contributed by atoms with Crippen molar-refractivity contribution in [2.45, 2.75) is 58.0 Å². The van der Waals surface area contributed by atoms with Crippen molar-refractivity contribution >= 4 is 5.97 Å². The summed E-state index contributed by atoms with van der Waals surface area (Å²) < 4.78 is 0. The summed E-state index contributed by atoms with van der Waals surface area (Å²) in [6.45, 7) is 1.82. The molecule has 0 bridgehead atoms. The number of hydrogen-bond acceptors (Lipinski definition) is 2. The zero-order chi connectivity index (χ0) is 11.5. The summed E-state index contributed by atoms with van der Waals surface area (Å²) in [4.78, 5) is 10.1. The van der Waals surface area contributed by atoms with Gasteiger partial charge in [0, 0.05) is 6.08 Å². The molecule has 1 unspecified atom stereocenters. The Labute approximate surface area is 91.8 Å². The Morgan fingerprint density at radius 3 is 2.40 bits per heavy atom. The average Bonchev–Trinajstić information content (AvgIpc) is 2.14.